The van der Waals surface area contributed by atoms with Gasteiger partial charge in [0, 0.05) is 12.1 Å². The van der Waals surface area contributed by atoms with Crippen molar-refractivity contribution in [2.45, 2.75) is 11.9 Å². The molecule has 7 nitrogen and oxygen atoms in total. The summed E-state index contributed by atoms with van der Waals surface area (Å²) in [5, 5.41) is 21.3. The van der Waals surface area contributed by atoms with Gasteiger partial charge < -0.3 is 5.11 Å². The van der Waals surface area contributed by atoms with Crippen molar-refractivity contribution in [1.29, 1.82) is 0 Å². The molecule has 3 rings (SSSR count). The zero-order valence-corrected chi connectivity index (χ0v) is 13.5. The summed E-state index contributed by atoms with van der Waals surface area (Å²) in [5.41, 5.74) is -2.61. The largest absolute Gasteiger partial charge is 0.442 e. The molecule has 2 N–H and O–H groups in total. The van der Waals surface area contributed by atoms with Crippen molar-refractivity contribution in [2.24, 2.45) is 0 Å². The number of amides is 1. The number of alkyl halides is 3. The van der Waals surface area contributed by atoms with Crippen LogP contribution in [0, 0.1) is 10.1 Å². The number of aliphatic hydroxyl groups is 1. The topological polar surface area (TPSA) is 95.7 Å². The van der Waals surface area contributed by atoms with Crippen LogP contribution >= 0.6 is 0 Å². The molecule has 2 aromatic carbocycles. The van der Waals surface area contributed by atoms with Gasteiger partial charge in [0.15, 0.2) is 0 Å². The first-order chi connectivity index (χ1) is 12.6. The first kappa shape index (κ1) is 18.4. The van der Waals surface area contributed by atoms with Crippen molar-refractivity contribution in [3.8, 4) is 0 Å². The van der Waals surface area contributed by atoms with Gasteiger partial charge in [0.1, 0.15) is 5.56 Å². The van der Waals surface area contributed by atoms with E-state index in [1.165, 1.54) is 24.3 Å². The minimum absolute atomic E-state index is 0.0579. The average Bonchev–Trinajstić information content (AvgIpc) is 3.01. The van der Waals surface area contributed by atoms with Crippen LogP contribution in [0.15, 0.2) is 60.7 Å². The van der Waals surface area contributed by atoms with E-state index < -0.39 is 34.0 Å². The second-order valence-corrected chi connectivity index (χ2v) is 5.67. The van der Waals surface area contributed by atoms with Gasteiger partial charge in [-0.2, -0.15) is 13.2 Å². The molecule has 0 aromatic heterocycles. The Bertz CT molecular complexity index is 931. The minimum Gasteiger partial charge on any atom is -0.359 e. The van der Waals surface area contributed by atoms with Crippen LogP contribution in [0.25, 0.3) is 5.70 Å². The van der Waals surface area contributed by atoms with Crippen molar-refractivity contribution in [1.82, 2.24) is 10.4 Å². The molecule has 1 amide bonds. The fraction of sp³-hybridized carbons (Fsp3) is 0.118. The third-order valence-corrected chi connectivity index (χ3v) is 3.96. The second-order valence-electron chi connectivity index (χ2n) is 5.67. The zero-order chi connectivity index (χ0) is 19.8. The van der Waals surface area contributed by atoms with Crippen LogP contribution in [-0.4, -0.2) is 32.8 Å². The average molecular weight is 379 g/mol. The number of hydrogen-bond donors (Lipinski definition) is 2. The Balaban J connectivity index is 2.07. The molecule has 140 valence electrons. The zero-order valence-electron chi connectivity index (χ0n) is 13.5. The van der Waals surface area contributed by atoms with Gasteiger partial charge in [-0.15, -0.1) is 0 Å². The first-order valence-corrected chi connectivity index (χ1v) is 7.57. The number of nitrogens with zero attached hydrogens (tertiary/aromatic N) is 2. The van der Waals surface area contributed by atoms with E-state index in [0.29, 0.717) is 6.08 Å². The number of carbonyl (C=O) groups is 1. The van der Waals surface area contributed by atoms with E-state index in [1.54, 1.807) is 18.2 Å². The Labute approximate surface area is 150 Å². The summed E-state index contributed by atoms with van der Waals surface area (Å²) < 4.78 is 40.7. The number of nitro groups is 1. The SMILES string of the molecule is O=C(c1ccccc1[N+](=O)[O-])N1NC(c2ccccc2)=C[C@]1(O)C(F)(F)F. The molecule has 0 spiro atoms. The number of rotatable bonds is 3. The Morgan fingerprint density at radius 3 is 2.30 bits per heavy atom. The Morgan fingerprint density at radius 2 is 1.70 bits per heavy atom. The summed E-state index contributed by atoms with van der Waals surface area (Å²) in [7, 11) is 0. The summed E-state index contributed by atoms with van der Waals surface area (Å²) in [6.07, 6.45) is -4.80. The van der Waals surface area contributed by atoms with Crippen LogP contribution < -0.4 is 5.43 Å². The van der Waals surface area contributed by atoms with Gasteiger partial charge in [-0.05, 0) is 11.6 Å². The van der Waals surface area contributed by atoms with E-state index in [9.17, 15) is 33.2 Å². The lowest BCUT2D eigenvalue weighted by Gasteiger charge is -2.33. The van der Waals surface area contributed by atoms with Crippen LogP contribution in [0.4, 0.5) is 18.9 Å². The lowest BCUT2D eigenvalue weighted by atomic mass is 10.1. The predicted octanol–water partition coefficient (Wildman–Crippen LogP) is 2.85. The van der Waals surface area contributed by atoms with Gasteiger partial charge in [0.25, 0.3) is 17.3 Å². The highest BCUT2D eigenvalue weighted by Gasteiger charge is 2.62. The maximum absolute atomic E-state index is 13.6. The van der Waals surface area contributed by atoms with Gasteiger partial charge in [-0.3, -0.25) is 20.3 Å². The molecular weight excluding hydrogens is 367 g/mol. The molecule has 0 radical (unpaired) electrons. The first-order valence-electron chi connectivity index (χ1n) is 7.57. The molecule has 0 aliphatic carbocycles. The summed E-state index contributed by atoms with van der Waals surface area (Å²) >= 11 is 0. The summed E-state index contributed by atoms with van der Waals surface area (Å²) in [4.78, 5) is 22.9. The molecule has 2 aromatic rings. The lowest BCUT2D eigenvalue weighted by Crippen LogP contribution is -2.60. The van der Waals surface area contributed by atoms with E-state index in [-0.39, 0.29) is 16.3 Å². The second kappa shape index (κ2) is 6.40. The number of nitro benzene ring substituents is 1. The predicted molar refractivity (Wildman–Crippen MR) is 87.8 cm³/mol. The Kier molecular flexibility index (Phi) is 4.36. The summed E-state index contributed by atoms with van der Waals surface area (Å²) in [6, 6.07) is 12.3. The summed E-state index contributed by atoms with van der Waals surface area (Å²) in [6.45, 7) is 0. The smallest absolute Gasteiger partial charge is 0.359 e. The van der Waals surface area contributed by atoms with E-state index in [0.717, 1.165) is 12.1 Å². The van der Waals surface area contributed by atoms with E-state index in [1.807, 2.05) is 0 Å². The maximum Gasteiger partial charge on any atom is 0.442 e. The van der Waals surface area contributed by atoms with Crippen LogP contribution in [-0.2, 0) is 0 Å². The highest BCUT2D eigenvalue weighted by Crippen LogP contribution is 2.40. The van der Waals surface area contributed by atoms with Crippen molar-refractivity contribution >= 4 is 17.3 Å². The van der Waals surface area contributed by atoms with Gasteiger partial charge in [0.05, 0.1) is 10.6 Å². The number of hydrogen-bond acceptors (Lipinski definition) is 5. The monoisotopic (exact) mass is 379 g/mol. The maximum atomic E-state index is 13.6. The van der Waals surface area contributed by atoms with E-state index in [4.69, 9.17) is 0 Å². The number of hydrazine groups is 1. The Morgan fingerprint density at radius 1 is 1.11 bits per heavy atom. The molecule has 27 heavy (non-hydrogen) atoms. The summed E-state index contributed by atoms with van der Waals surface area (Å²) in [5.74, 6) is -1.40. The van der Waals surface area contributed by atoms with Crippen LogP contribution in [0.2, 0.25) is 0 Å². The van der Waals surface area contributed by atoms with E-state index in [2.05, 4.69) is 5.43 Å². The highest BCUT2D eigenvalue weighted by molar-refractivity contribution is 5.99. The number of nitrogens with one attached hydrogen (secondary N) is 1. The van der Waals surface area contributed by atoms with E-state index >= 15 is 0 Å². The van der Waals surface area contributed by atoms with Gasteiger partial charge in [-0.25, -0.2) is 5.01 Å². The van der Waals surface area contributed by atoms with Gasteiger partial charge in [-0.1, -0.05) is 42.5 Å². The molecule has 0 saturated heterocycles. The van der Waals surface area contributed by atoms with Crippen molar-refractivity contribution in [2.75, 3.05) is 0 Å². The van der Waals surface area contributed by atoms with Crippen molar-refractivity contribution < 1.29 is 28.0 Å². The van der Waals surface area contributed by atoms with Crippen LogP contribution in [0.1, 0.15) is 15.9 Å². The van der Waals surface area contributed by atoms with Crippen LogP contribution in [0.3, 0.4) is 0 Å². The normalized spacial score (nSPS) is 19.4. The molecule has 1 atom stereocenters. The van der Waals surface area contributed by atoms with Gasteiger partial charge in [0.2, 0.25) is 0 Å². The van der Waals surface area contributed by atoms with Crippen molar-refractivity contribution in [3.63, 3.8) is 0 Å². The molecule has 10 heteroatoms. The van der Waals surface area contributed by atoms with Crippen LogP contribution in [0.5, 0.6) is 0 Å². The molecule has 0 bridgehead atoms. The van der Waals surface area contributed by atoms with Gasteiger partial charge >= 0.3 is 6.18 Å². The minimum atomic E-state index is -5.25. The molecule has 0 saturated carbocycles. The van der Waals surface area contributed by atoms with Crippen molar-refractivity contribution in [3.05, 3.63) is 81.9 Å². The number of benzene rings is 2. The molecule has 0 unspecified atom stereocenters. The number of halogens is 3. The highest BCUT2D eigenvalue weighted by atomic mass is 19.4. The third kappa shape index (κ3) is 3.10. The fourth-order valence-corrected chi connectivity index (χ4v) is 2.62. The lowest BCUT2D eigenvalue weighted by molar-refractivity contribution is -0.385. The standard InChI is InChI=1S/C17H12F3N3O4/c18-17(19,20)16(25)10-13(11-6-2-1-3-7-11)21-22(16)15(24)12-8-4-5-9-14(12)23(26)27/h1-10,21,25H/t16-/m0/s1. The molecular formula is C17H12F3N3O4. The quantitative estimate of drug-likeness (QED) is 0.632. The third-order valence-electron chi connectivity index (χ3n) is 3.96. The number of carbonyl (C=O) groups excluding carboxylic acids is 1. The number of para-hydroxylation sites is 1. The Hall–Kier alpha value is -3.40. The molecule has 1 aliphatic rings. The molecule has 1 heterocycles. The fourth-order valence-electron chi connectivity index (χ4n) is 2.62. The molecule has 0 fully saturated rings. The molecule has 1 aliphatic heterocycles.